The Hall–Kier alpha value is -1.69. The number of hydrogen-bond acceptors (Lipinski definition) is 5. The van der Waals surface area contributed by atoms with Crippen LogP contribution in [0, 0.1) is 12.8 Å². The maximum atomic E-state index is 12.2. The molecule has 0 heterocycles. The molecule has 1 atom stereocenters. The molecule has 1 rings (SSSR count). The largest absolute Gasteiger partial charge is 0.454 e. The van der Waals surface area contributed by atoms with Gasteiger partial charge in [0.2, 0.25) is 0 Å². The number of carbonyl (C=O) groups excluding carboxylic acids is 2. The minimum absolute atomic E-state index is 0.0896. The predicted octanol–water partition coefficient (Wildman–Crippen LogP) is 1.93. The summed E-state index contributed by atoms with van der Waals surface area (Å²) in [6.07, 6.45) is -1.04. The molecule has 0 amide bonds. The first-order valence-electron chi connectivity index (χ1n) is 6.63. The summed E-state index contributed by atoms with van der Waals surface area (Å²) >= 11 is 0. The van der Waals surface area contributed by atoms with Crippen molar-refractivity contribution >= 4 is 21.6 Å². The van der Waals surface area contributed by atoms with E-state index in [1.165, 1.54) is 19.1 Å². The second kappa shape index (κ2) is 6.85. The first-order chi connectivity index (χ1) is 9.63. The van der Waals surface area contributed by atoms with Crippen molar-refractivity contribution in [1.29, 1.82) is 0 Å². The van der Waals surface area contributed by atoms with Crippen molar-refractivity contribution in [2.75, 3.05) is 5.75 Å². The zero-order chi connectivity index (χ0) is 16.2. The van der Waals surface area contributed by atoms with Gasteiger partial charge < -0.3 is 4.74 Å². The van der Waals surface area contributed by atoms with Crippen LogP contribution in [0.2, 0.25) is 0 Å². The Bertz CT molecular complexity index is 614. The normalized spacial score (nSPS) is 13.0. The van der Waals surface area contributed by atoms with E-state index in [9.17, 15) is 18.0 Å². The lowest BCUT2D eigenvalue weighted by Crippen LogP contribution is -2.35. The lowest BCUT2D eigenvalue weighted by Gasteiger charge is -2.19. The van der Waals surface area contributed by atoms with Gasteiger partial charge in [0.1, 0.15) is 5.75 Å². The van der Waals surface area contributed by atoms with Crippen LogP contribution in [0.5, 0.6) is 0 Å². The molecule has 5 nitrogen and oxygen atoms in total. The molecule has 0 fully saturated rings. The minimum atomic E-state index is -3.73. The molecule has 0 aliphatic rings. The van der Waals surface area contributed by atoms with Gasteiger partial charge in [-0.2, -0.15) is 0 Å². The van der Waals surface area contributed by atoms with E-state index >= 15 is 0 Å². The first-order valence-corrected chi connectivity index (χ1v) is 8.28. The lowest BCUT2D eigenvalue weighted by atomic mass is 10.0. The highest BCUT2D eigenvalue weighted by molar-refractivity contribution is 7.92. The van der Waals surface area contributed by atoms with Gasteiger partial charge >= 0.3 is 5.97 Å². The summed E-state index contributed by atoms with van der Waals surface area (Å²) in [6.45, 7) is 6.43. The number of ketones is 1. The Balaban J connectivity index is 2.94. The Labute approximate surface area is 125 Å². The Kier molecular flexibility index (Phi) is 5.66. The summed E-state index contributed by atoms with van der Waals surface area (Å²) in [6, 6.07) is 6.27. The number of ether oxygens (including phenoxy) is 1. The van der Waals surface area contributed by atoms with Crippen LogP contribution in [0.4, 0.5) is 0 Å². The molecule has 21 heavy (non-hydrogen) atoms. The van der Waals surface area contributed by atoms with E-state index in [4.69, 9.17) is 4.74 Å². The highest BCUT2D eigenvalue weighted by atomic mass is 32.2. The molecule has 0 bridgehead atoms. The molecule has 0 saturated carbocycles. The fraction of sp³-hybridized carbons (Fsp3) is 0.467. The van der Waals surface area contributed by atoms with Gasteiger partial charge in [-0.15, -0.1) is 0 Å². The number of sulfone groups is 1. The van der Waals surface area contributed by atoms with Gasteiger partial charge in [0, 0.05) is 6.92 Å². The zero-order valence-electron chi connectivity index (χ0n) is 12.6. The Morgan fingerprint density at radius 1 is 1.14 bits per heavy atom. The summed E-state index contributed by atoms with van der Waals surface area (Å²) in [5.41, 5.74) is 0.931. The van der Waals surface area contributed by atoms with E-state index < -0.39 is 33.4 Å². The predicted molar refractivity (Wildman–Crippen MR) is 78.6 cm³/mol. The second-order valence-electron chi connectivity index (χ2n) is 5.31. The van der Waals surface area contributed by atoms with Crippen LogP contribution in [0.15, 0.2) is 29.2 Å². The van der Waals surface area contributed by atoms with E-state index in [-0.39, 0.29) is 10.8 Å². The summed E-state index contributed by atoms with van der Waals surface area (Å²) in [5, 5.41) is 0. The van der Waals surface area contributed by atoms with Crippen molar-refractivity contribution in [3.63, 3.8) is 0 Å². The topological polar surface area (TPSA) is 77.5 Å². The summed E-state index contributed by atoms with van der Waals surface area (Å²) < 4.78 is 29.3. The monoisotopic (exact) mass is 312 g/mol. The second-order valence-corrected chi connectivity index (χ2v) is 7.30. The van der Waals surface area contributed by atoms with Crippen molar-refractivity contribution in [3.8, 4) is 0 Å². The molecule has 0 N–H and O–H groups in total. The molecule has 6 heteroatoms. The number of carbonyl (C=O) groups is 2. The van der Waals surface area contributed by atoms with E-state index in [1.54, 1.807) is 26.0 Å². The average Bonchev–Trinajstić information content (AvgIpc) is 2.35. The number of Topliss-reactive ketones (excluding diaryl/α,β-unsaturated/α-hetero) is 1. The molecule has 0 spiro atoms. The molecule has 1 aromatic rings. The quantitative estimate of drug-likeness (QED) is 0.750. The highest BCUT2D eigenvalue weighted by Crippen LogP contribution is 2.15. The standard InChI is InChI=1S/C15H20O5S/c1-10(2)15(20-12(4)16)14(17)9-21(18,19)13-7-5-11(3)6-8-13/h5-8,10,15H,9H2,1-4H3. The summed E-state index contributed by atoms with van der Waals surface area (Å²) in [7, 11) is -3.73. The third kappa shape index (κ3) is 4.97. The van der Waals surface area contributed by atoms with Crippen LogP contribution in [0.3, 0.4) is 0 Å². The van der Waals surface area contributed by atoms with Crippen molar-refractivity contribution in [3.05, 3.63) is 29.8 Å². The molecule has 1 aromatic carbocycles. The van der Waals surface area contributed by atoms with Crippen LogP contribution in [0.25, 0.3) is 0 Å². The molecule has 1 unspecified atom stereocenters. The molecule has 0 radical (unpaired) electrons. The third-order valence-corrected chi connectivity index (χ3v) is 4.58. The van der Waals surface area contributed by atoms with Gasteiger partial charge in [0.05, 0.1) is 4.90 Å². The van der Waals surface area contributed by atoms with Crippen molar-refractivity contribution in [2.24, 2.45) is 5.92 Å². The maximum absolute atomic E-state index is 12.2. The van der Waals surface area contributed by atoms with E-state index in [0.717, 1.165) is 5.56 Å². The highest BCUT2D eigenvalue weighted by Gasteiger charge is 2.30. The smallest absolute Gasteiger partial charge is 0.303 e. The third-order valence-electron chi connectivity index (χ3n) is 2.93. The molecular weight excluding hydrogens is 292 g/mol. The summed E-state index contributed by atoms with van der Waals surface area (Å²) in [4.78, 5) is 23.2. The fourth-order valence-electron chi connectivity index (χ4n) is 1.85. The number of rotatable bonds is 6. The molecule has 0 aliphatic heterocycles. The minimum Gasteiger partial charge on any atom is -0.454 e. The van der Waals surface area contributed by atoms with Crippen LogP contribution in [-0.2, 0) is 24.2 Å². The first kappa shape index (κ1) is 17.4. The maximum Gasteiger partial charge on any atom is 0.303 e. The van der Waals surface area contributed by atoms with Crippen molar-refractivity contribution in [2.45, 2.75) is 38.7 Å². The van der Waals surface area contributed by atoms with Gasteiger partial charge in [-0.1, -0.05) is 31.5 Å². The molecule has 0 aliphatic carbocycles. The number of hydrogen-bond donors (Lipinski definition) is 0. The average molecular weight is 312 g/mol. The van der Waals surface area contributed by atoms with Gasteiger partial charge in [0.25, 0.3) is 0 Å². The van der Waals surface area contributed by atoms with Gasteiger partial charge in [0.15, 0.2) is 21.7 Å². The van der Waals surface area contributed by atoms with E-state index in [2.05, 4.69) is 0 Å². The van der Waals surface area contributed by atoms with E-state index in [0.29, 0.717) is 0 Å². The number of aryl methyl sites for hydroxylation is 1. The summed E-state index contributed by atoms with van der Waals surface area (Å²) in [5.74, 6) is -2.17. The Morgan fingerprint density at radius 3 is 2.10 bits per heavy atom. The SMILES string of the molecule is CC(=O)OC(C(=O)CS(=O)(=O)c1ccc(C)cc1)C(C)C. The van der Waals surface area contributed by atoms with Crippen LogP contribution in [-0.4, -0.2) is 32.0 Å². The number of esters is 1. The van der Waals surface area contributed by atoms with Crippen molar-refractivity contribution < 1.29 is 22.7 Å². The number of benzene rings is 1. The molecule has 0 aromatic heterocycles. The van der Waals surface area contributed by atoms with Gasteiger partial charge in [-0.05, 0) is 25.0 Å². The van der Waals surface area contributed by atoms with E-state index in [1.807, 2.05) is 6.92 Å². The van der Waals surface area contributed by atoms with Crippen molar-refractivity contribution in [1.82, 2.24) is 0 Å². The van der Waals surface area contributed by atoms with Crippen LogP contribution >= 0.6 is 0 Å². The molecular formula is C15H20O5S. The van der Waals surface area contributed by atoms with Crippen LogP contribution < -0.4 is 0 Å². The zero-order valence-corrected chi connectivity index (χ0v) is 13.4. The van der Waals surface area contributed by atoms with Gasteiger partial charge in [-0.25, -0.2) is 8.42 Å². The molecule has 116 valence electrons. The van der Waals surface area contributed by atoms with Crippen LogP contribution in [0.1, 0.15) is 26.3 Å². The molecule has 0 saturated heterocycles. The lowest BCUT2D eigenvalue weighted by molar-refractivity contribution is -0.154. The fourth-order valence-corrected chi connectivity index (χ4v) is 3.11. The van der Waals surface area contributed by atoms with Gasteiger partial charge in [-0.3, -0.25) is 9.59 Å². The Morgan fingerprint density at radius 2 is 1.67 bits per heavy atom.